The molecule has 0 saturated heterocycles. The number of aryl methyl sites for hydroxylation is 1. The van der Waals surface area contributed by atoms with Crippen LogP contribution < -0.4 is 4.74 Å². The normalized spacial score (nSPS) is 10.8. The van der Waals surface area contributed by atoms with E-state index in [9.17, 15) is 4.79 Å². The third kappa shape index (κ3) is 2.96. The maximum atomic E-state index is 12.4. The molecule has 0 bridgehead atoms. The quantitative estimate of drug-likeness (QED) is 0.579. The summed E-state index contributed by atoms with van der Waals surface area (Å²) in [5, 5.41) is 0.603. The Hall–Kier alpha value is -2.34. The van der Waals surface area contributed by atoms with Crippen molar-refractivity contribution in [1.82, 2.24) is 15.0 Å². The number of rotatable bonds is 5. The van der Waals surface area contributed by atoms with Crippen molar-refractivity contribution in [3.8, 4) is 17.3 Å². The minimum absolute atomic E-state index is 0.0410. The number of ketones is 1. The van der Waals surface area contributed by atoms with E-state index >= 15 is 0 Å². The van der Waals surface area contributed by atoms with Gasteiger partial charge >= 0.3 is 0 Å². The summed E-state index contributed by atoms with van der Waals surface area (Å²) >= 11 is 1.34. The number of benzene rings is 1. The van der Waals surface area contributed by atoms with Gasteiger partial charge in [0.1, 0.15) is 11.4 Å². The minimum atomic E-state index is 0.0410. The third-order valence-electron chi connectivity index (χ3n) is 3.31. The van der Waals surface area contributed by atoms with Crippen LogP contribution in [-0.4, -0.2) is 33.6 Å². The summed E-state index contributed by atoms with van der Waals surface area (Å²) < 4.78 is 5.17. The smallest absolute Gasteiger partial charge is 0.190 e. The fraction of sp³-hybridized carbons (Fsp3) is 0.188. The maximum Gasteiger partial charge on any atom is 0.190 e. The molecular formula is C16H15N3O2S. The fourth-order valence-electron chi connectivity index (χ4n) is 2.12. The first-order chi connectivity index (χ1) is 10.7. The van der Waals surface area contributed by atoms with Gasteiger partial charge in [-0.3, -0.25) is 4.79 Å². The highest BCUT2D eigenvalue weighted by Gasteiger charge is 2.15. The van der Waals surface area contributed by atoms with Crippen LogP contribution in [0.5, 0.6) is 5.75 Å². The lowest BCUT2D eigenvalue weighted by atomic mass is 10.1. The molecule has 22 heavy (non-hydrogen) atoms. The molecule has 2 heterocycles. The van der Waals surface area contributed by atoms with Crippen LogP contribution in [0.25, 0.3) is 11.5 Å². The van der Waals surface area contributed by atoms with E-state index in [2.05, 4.69) is 15.0 Å². The summed E-state index contributed by atoms with van der Waals surface area (Å²) in [6.07, 6.45) is 1.80. The third-order valence-corrected chi connectivity index (χ3v) is 4.16. The number of ether oxygens (including phenoxy) is 1. The number of H-pyrrole nitrogens is 1. The van der Waals surface area contributed by atoms with Gasteiger partial charge in [0.25, 0.3) is 0 Å². The van der Waals surface area contributed by atoms with E-state index in [0.717, 1.165) is 17.1 Å². The van der Waals surface area contributed by atoms with Gasteiger partial charge in [0.05, 0.1) is 12.9 Å². The SMILES string of the molecule is COc1ccc(C)c(C(=O)CSc2nc3ccc[nH]c-3n2)c1. The molecule has 0 aromatic heterocycles. The highest BCUT2D eigenvalue weighted by atomic mass is 32.2. The van der Waals surface area contributed by atoms with Crippen molar-refractivity contribution < 1.29 is 9.53 Å². The summed E-state index contributed by atoms with van der Waals surface area (Å²) in [6, 6.07) is 9.27. The van der Waals surface area contributed by atoms with Crippen molar-refractivity contribution in [2.75, 3.05) is 12.9 Å². The Morgan fingerprint density at radius 1 is 1.32 bits per heavy atom. The van der Waals surface area contributed by atoms with Gasteiger partial charge < -0.3 is 9.72 Å². The molecule has 1 aromatic rings. The highest BCUT2D eigenvalue weighted by Crippen LogP contribution is 2.24. The molecule has 112 valence electrons. The number of pyridine rings is 1. The van der Waals surface area contributed by atoms with Gasteiger partial charge in [-0.1, -0.05) is 17.8 Å². The van der Waals surface area contributed by atoms with Gasteiger partial charge in [0, 0.05) is 11.8 Å². The number of carbonyl (C=O) groups is 1. The number of Topliss-reactive ketones (excluding diaryl/α,β-unsaturated/α-hetero) is 1. The molecule has 0 atom stereocenters. The number of aromatic nitrogens is 3. The second kappa shape index (κ2) is 6.19. The molecule has 1 N–H and O–H groups in total. The van der Waals surface area contributed by atoms with Crippen LogP contribution in [0.3, 0.4) is 0 Å². The Balaban J connectivity index is 1.74. The van der Waals surface area contributed by atoms with Crippen LogP contribution in [0.15, 0.2) is 41.7 Å². The zero-order valence-electron chi connectivity index (χ0n) is 12.3. The molecule has 0 amide bonds. The van der Waals surface area contributed by atoms with Gasteiger partial charge in [-0.2, -0.15) is 0 Å². The van der Waals surface area contributed by atoms with Gasteiger partial charge in [-0.05, 0) is 36.8 Å². The number of carbonyl (C=O) groups excluding carboxylic acids is 1. The minimum Gasteiger partial charge on any atom is -0.497 e. The van der Waals surface area contributed by atoms with Crippen molar-refractivity contribution in [1.29, 1.82) is 0 Å². The summed E-state index contributed by atoms with van der Waals surface area (Å²) in [5.74, 6) is 1.75. The first-order valence-corrected chi connectivity index (χ1v) is 7.77. The van der Waals surface area contributed by atoms with Crippen LogP contribution in [0.1, 0.15) is 15.9 Å². The van der Waals surface area contributed by atoms with Gasteiger partial charge in [0.15, 0.2) is 16.8 Å². The molecular weight excluding hydrogens is 298 g/mol. The van der Waals surface area contributed by atoms with E-state index < -0.39 is 0 Å². The average molecular weight is 313 g/mol. The summed E-state index contributed by atoms with van der Waals surface area (Å²) in [4.78, 5) is 24.1. The number of fused-ring (bicyclic) bond motifs is 1. The van der Waals surface area contributed by atoms with Crippen LogP contribution in [-0.2, 0) is 0 Å². The molecule has 0 saturated carbocycles. The Labute approximate surface area is 132 Å². The zero-order chi connectivity index (χ0) is 15.5. The lowest BCUT2D eigenvalue weighted by Crippen LogP contribution is -2.05. The molecule has 0 aliphatic carbocycles. The van der Waals surface area contributed by atoms with Crippen LogP contribution >= 0.6 is 11.8 Å². The molecule has 0 radical (unpaired) electrons. The largest absolute Gasteiger partial charge is 0.497 e. The van der Waals surface area contributed by atoms with E-state index in [0.29, 0.717) is 22.2 Å². The molecule has 0 unspecified atom stereocenters. The van der Waals surface area contributed by atoms with E-state index in [1.54, 1.807) is 19.4 Å². The number of hydrogen-bond acceptors (Lipinski definition) is 5. The van der Waals surface area contributed by atoms with Gasteiger partial charge in [0.2, 0.25) is 0 Å². The maximum absolute atomic E-state index is 12.4. The van der Waals surface area contributed by atoms with Crippen LogP contribution in [0, 0.1) is 6.92 Å². The van der Waals surface area contributed by atoms with E-state index in [4.69, 9.17) is 4.74 Å². The topological polar surface area (TPSA) is 67.9 Å². The second-order valence-corrected chi connectivity index (χ2v) is 5.75. The zero-order valence-corrected chi connectivity index (χ0v) is 13.1. The number of thioether (sulfide) groups is 1. The van der Waals surface area contributed by atoms with E-state index in [1.807, 2.05) is 31.2 Å². The lowest BCUT2D eigenvalue weighted by molar-refractivity contribution is 0.102. The predicted molar refractivity (Wildman–Crippen MR) is 85.8 cm³/mol. The molecule has 5 nitrogen and oxygen atoms in total. The molecule has 2 aliphatic heterocycles. The first-order valence-electron chi connectivity index (χ1n) is 6.79. The van der Waals surface area contributed by atoms with Crippen molar-refractivity contribution >= 4 is 17.5 Å². The standard InChI is InChI=1S/C16H15N3O2S/c1-10-5-6-11(21-2)8-12(10)14(20)9-22-16-18-13-4-3-7-17-15(13)19-16/h3-8H,9H2,1-2H3,(H,17,18,19). The summed E-state index contributed by atoms with van der Waals surface area (Å²) in [6.45, 7) is 1.92. The molecule has 0 spiro atoms. The first kappa shape index (κ1) is 14.6. The molecule has 2 aliphatic rings. The highest BCUT2D eigenvalue weighted by molar-refractivity contribution is 7.99. The molecule has 1 aromatic carbocycles. The fourth-order valence-corrected chi connectivity index (χ4v) is 2.86. The van der Waals surface area contributed by atoms with Crippen molar-refractivity contribution in [3.05, 3.63) is 47.7 Å². The second-order valence-electron chi connectivity index (χ2n) is 4.80. The molecule has 0 fully saturated rings. The number of nitrogens with zero attached hydrogens (tertiary/aromatic N) is 2. The Kier molecular flexibility index (Phi) is 4.11. The Bertz CT molecular complexity index is 755. The lowest BCUT2D eigenvalue weighted by Gasteiger charge is -2.06. The monoisotopic (exact) mass is 313 g/mol. The Morgan fingerprint density at radius 3 is 2.95 bits per heavy atom. The van der Waals surface area contributed by atoms with Gasteiger partial charge in [-0.25, -0.2) is 9.97 Å². The molecule has 6 heteroatoms. The number of methoxy groups -OCH3 is 1. The van der Waals surface area contributed by atoms with Crippen LogP contribution in [0.4, 0.5) is 0 Å². The Morgan fingerprint density at radius 2 is 2.18 bits per heavy atom. The van der Waals surface area contributed by atoms with E-state index in [1.165, 1.54) is 11.8 Å². The number of aromatic amines is 1. The summed E-state index contributed by atoms with van der Waals surface area (Å²) in [7, 11) is 1.59. The average Bonchev–Trinajstić information content (AvgIpc) is 2.96. The van der Waals surface area contributed by atoms with Crippen molar-refractivity contribution in [2.24, 2.45) is 0 Å². The van der Waals surface area contributed by atoms with Crippen molar-refractivity contribution in [3.63, 3.8) is 0 Å². The number of imidazole rings is 1. The van der Waals surface area contributed by atoms with E-state index in [-0.39, 0.29) is 5.78 Å². The number of nitrogens with one attached hydrogen (secondary N) is 1. The molecule has 3 rings (SSSR count). The number of hydrogen-bond donors (Lipinski definition) is 1. The predicted octanol–water partition coefficient (Wildman–Crippen LogP) is 3.20. The van der Waals surface area contributed by atoms with Crippen molar-refractivity contribution in [2.45, 2.75) is 12.1 Å². The summed E-state index contributed by atoms with van der Waals surface area (Å²) in [5.41, 5.74) is 2.41. The van der Waals surface area contributed by atoms with Crippen LogP contribution in [0.2, 0.25) is 0 Å². The van der Waals surface area contributed by atoms with Gasteiger partial charge in [-0.15, -0.1) is 0 Å².